The molecule has 1 rings (SSSR count). The molecule has 0 unspecified atom stereocenters. The van der Waals surface area contributed by atoms with Crippen molar-refractivity contribution >= 4 is 11.6 Å². The maximum absolute atomic E-state index is 11.3. The van der Waals surface area contributed by atoms with Crippen molar-refractivity contribution in [2.24, 2.45) is 0 Å². The zero-order valence-corrected chi connectivity index (χ0v) is 9.79. The van der Waals surface area contributed by atoms with Crippen LogP contribution < -0.4 is 5.32 Å². The van der Waals surface area contributed by atoms with Gasteiger partial charge in [0.2, 0.25) is 5.78 Å². The van der Waals surface area contributed by atoms with Crippen LogP contribution in [0.4, 0.5) is 0 Å². The first kappa shape index (κ1) is 12.7. The molecule has 0 aliphatic heterocycles. The Morgan fingerprint density at radius 1 is 1.06 bits per heavy atom. The van der Waals surface area contributed by atoms with Crippen LogP contribution >= 0.6 is 0 Å². The summed E-state index contributed by atoms with van der Waals surface area (Å²) in [4.78, 5) is 22.4. The lowest BCUT2D eigenvalue weighted by molar-refractivity contribution is -0.114. The maximum Gasteiger partial charge on any atom is 0.201 e. The molecule has 3 heteroatoms. The Morgan fingerprint density at radius 2 is 1.81 bits per heavy atom. The fourth-order valence-electron chi connectivity index (χ4n) is 1.60. The van der Waals surface area contributed by atoms with Gasteiger partial charge in [-0.1, -0.05) is 32.6 Å². The number of carbonyl (C=O) groups excluding carboxylic acids is 2. The minimum atomic E-state index is -0.118. The lowest BCUT2D eigenvalue weighted by Crippen LogP contribution is -2.23. The zero-order valence-electron chi connectivity index (χ0n) is 9.79. The van der Waals surface area contributed by atoms with Crippen molar-refractivity contribution in [2.45, 2.75) is 39.0 Å². The minimum absolute atomic E-state index is 0.104. The Balaban J connectivity index is 2.17. The summed E-state index contributed by atoms with van der Waals surface area (Å²) >= 11 is 0. The predicted molar refractivity (Wildman–Crippen MR) is 64.0 cm³/mol. The summed E-state index contributed by atoms with van der Waals surface area (Å²) < 4.78 is 0. The maximum atomic E-state index is 11.3. The van der Waals surface area contributed by atoms with Gasteiger partial charge in [0.1, 0.15) is 0 Å². The Kier molecular flexibility index (Phi) is 5.54. The van der Waals surface area contributed by atoms with Crippen LogP contribution in [0.5, 0.6) is 0 Å². The highest BCUT2D eigenvalue weighted by Gasteiger charge is 2.11. The largest absolute Gasteiger partial charge is 0.382 e. The molecule has 0 radical (unpaired) electrons. The number of hydrogen-bond acceptors (Lipinski definition) is 3. The third kappa shape index (κ3) is 4.43. The first-order chi connectivity index (χ1) is 7.74. The molecular formula is C13H19NO2. The van der Waals surface area contributed by atoms with Crippen LogP contribution in [0, 0.1) is 0 Å². The van der Waals surface area contributed by atoms with Crippen molar-refractivity contribution < 1.29 is 9.59 Å². The predicted octanol–water partition coefficient (Wildman–Crippen LogP) is 2.14. The van der Waals surface area contributed by atoms with Gasteiger partial charge in [0.15, 0.2) is 5.78 Å². The van der Waals surface area contributed by atoms with Crippen LogP contribution in [0.25, 0.3) is 0 Å². The Bertz CT molecular complexity index is 316. The Hall–Kier alpha value is -1.38. The van der Waals surface area contributed by atoms with E-state index in [1.54, 1.807) is 0 Å². The van der Waals surface area contributed by atoms with Crippen LogP contribution in [-0.4, -0.2) is 18.1 Å². The van der Waals surface area contributed by atoms with E-state index in [9.17, 15) is 9.59 Å². The van der Waals surface area contributed by atoms with Gasteiger partial charge in [-0.3, -0.25) is 9.59 Å². The summed E-state index contributed by atoms with van der Waals surface area (Å²) in [5, 5.41) is 3.02. The number of allylic oxidation sites excluding steroid dienone is 3. The lowest BCUT2D eigenvalue weighted by Gasteiger charge is -2.09. The second-order valence-corrected chi connectivity index (χ2v) is 4.00. The normalized spacial score (nSPS) is 15.2. The van der Waals surface area contributed by atoms with Gasteiger partial charge in [-0.2, -0.15) is 0 Å². The standard InChI is InChI=1S/C13H19NO2/c1-2-3-4-5-6-9-14-12-10-11(15)7-8-13(12)16/h7-8,10,14H,2-6,9H2,1H3. The molecule has 16 heavy (non-hydrogen) atoms. The quantitative estimate of drug-likeness (QED) is 0.529. The van der Waals surface area contributed by atoms with Crippen LogP contribution in [0.15, 0.2) is 23.9 Å². The summed E-state index contributed by atoms with van der Waals surface area (Å²) in [6, 6.07) is 0. The van der Waals surface area contributed by atoms with E-state index < -0.39 is 0 Å². The van der Waals surface area contributed by atoms with Gasteiger partial charge >= 0.3 is 0 Å². The number of hydrogen-bond donors (Lipinski definition) is 1. The fourth-order valence-corrected chi connectivity index (χ4v) is 1.60. The smallest absolute Gasteiger partial charge is 0.201 e. The summed E-state index contributed by atoms with van der Waals surface area (Å²) in [6.07, 6.45) is 9.95. The Labute approximate surface area is 96.6 Å². The van der Waals surface area contributed by atoms with Gasteiger partial charge in [0.05, 0.1) is 5.70 Å². The first-order valence-corrected chi connectivity index (χ1v) is 5.96. The van der Waals surface area contributed by atoms with Crippen LogP contribution in [-0.2, 0) is 9.59 Å². The molecule has 0 aromatic carbocycles. The van der Waals surface area contributed by atoms with Crippen molar-refractivity contribution in [1.82, 2.24) is 5.32 Å². The van der Waals surface area contributed by atoms with Gasteiger partial charge in [0, 0.05) is 12.6 Å². The molecule has 0 spiro atoms. The van der Waals surface area contributed by atoms with Gasteiger partial charge in [-0.25, -0.2) is 0 Å². The van der Waals surface area contributed by atoms with Crippen molar-refractivity contribution in [3.63, 3.8) is 0 Å². The molecule has 0 aromatic heterocycles. The van der Waals surface area contributed by atoms with Crippen molar-refractivity contribution in [1.29, 1.82) is 0 Å². The second kappa shape index (κ2) is 6.99. The molecule has 0 amide bonds. The molecule has 1 N–H and O–H groups in total. The van der Waals surface area contributed by atoms with Crippen molar-refractivity contribution in [3.05, 3.63) is 23.9 Å². The molecule has 0 aromatic rings. The van der Waals surface area contributed by atoms with Gasteiger partial charge in [-0.15, -0.1) is 0 Å². The molecule has 3 nitrogen and oxygen atoms in total. The topological polar surface area (TPSA) is 46.2 Å². The number of nitrogens with one attached hydrogen (secondary N) is 1. The molecule has 1 aliphatic carbocycles. The van der Waals surface area contributed by atoms with E-state index in [-0.39, 0.29) is 11.6 Å². The average Bonchev–Trinajstić information content (AvgIpc) is 2.28. The summed E-state index contributed by atoms with van der Waals surface area (Å²) in [5.74, 6) is -0.221. The van der Waals surface area contributed by atoms with E-state index in [1.807, 2.05) is 0 Å². The number of unbranched alkanes of at least 4 members (excludes halogenated alkanes) is 4. The molecule has 0 saturated carbocycles. The second-order valence-electron chi connectivity index (χ2n) is 4.00. The van der Waals surface area contributed by atoms with E-state index in [4.69, 9.17) is 0 Å². The van der Waals surface area contributed by atoms with Gasteiger partial charge < -0.3 is 5.32 Å². The lowest BCUT2D eigenvalue weighted by atomic mass is 10.1. The SMILES string of the molecule is CCCCCCCNC1=CC(=O)C=CC1=O. The number of rotatable bonds is 7. The molecule has 88 valence electrons. The van der Waals surface area contributed by atoms with E-state index in [1.165, 1.54) is 43.9 Å². The molecule has 0 saturated heterocycles. The van der Waals surface area contributed by atoms with Crippen LogP contribution in [0.1, 0.15) is 39.0 Å². The van der Waals surface area contributed by atoms with E-state index in [0.29, 0.717) is 5.70 Å². The highest BCUT2D eigenvalue weighted by atomic mass is 16.1. The van der Waals surface area contributed by atoms with E-state index >= 15 is 0 Å². The summed E-state index contributed by atoms with van der Waals surface area (Å²) in [7, 11) is 0. The minimum Gasteiger partial charge on any atom is -0.382 e. The van der Waals surface area contributed by atoms with Gasteiger partial charge in [0.25, 0.3) is 0 Å². The zero-order chi connectivity index (χ0) is 11.8. The molecule has 0 atom stereocenters. The molecule has 0 heterocycles. The van der Waals surface area contributed by atoms with Gasteiger partial charge in [-0.05, 0) is 18.6 Å². The van der Waals surface area contributed by atoms with Crippen molar-refractivity contribution in [3.8, 4) is 0 Å². The highest BCUT2D eigenvalue weighted by molar-refractivity contribution is 6.16. The summed E-state index contributed by atoms with van der Waals surface area (Å²) in [6.45, 7) is 2.95. The van der Waals surface area contributed by atoms with Crippen molar-refractivity contribution in [2.75, 3.05) is 6.54 Å². The molecular weight excluding hydrogens is 202 g/mol. The Morgan fingerprint density at radius 3 is 2.56 bits per heavy atom. The highest BCUT2D eigenvalue weighted by Crippen LogP contribution is 2.04. The average molecular weight is 221 g/mol. The monoisotopic (exact) mass is 221 g/mol. The van der Waals surface area contributed by atoms with E-state index in [0.717, 1.165) is 13.0 Å². The number of carbonyl (C=O) groups is 2. The number of ketones is 2. The third-order valence-electron chi connectivity index (χ3n) is 2.55. The fraction of sp³-hybridized carbons (Fsp3) is 0.538. The molecule has 0 fully saturated rings. The van der Waals surface area contributed by atoms with Crippen LogP contribution in [0.3, 0.4) is 0 Å². The first-order valence-electron chi connectivity index (χ1n) is 5.96. The molecule has 1 aliphatic rings. The summed E-state index contributed by atoms with van der Waals surface area (Å²) in [5.41, 5.74) is 0.433. The van der Waals surface area contributed by atoms with Crippen LogP contribution in [0.2, 0.25) is 0 Å². The molecule has 0 bridgehead atoms. The third-order valence-corrected chi connectivity index (χ3v) is 2.55. The van der Waals surface area contributed by atoms with E-state index in [2.05, 4.69) is 12.2 Å².